The summed E-state index contributed by atoms with van der Waals surface area (Å²) in [6, 6.07) is 11.8. The zero-order chi connectivity index (χ0) is 26.3. The van der Waals surface area contributed by atoms with E-state index in [0.717, 1.165) is 80.5 Å². The number of benzene rings is 1. The first-order chi connectivity index (χ1) is 18.6. The largest absolute Gasteiger partial charge is 0.493 e. The van der Waals surface area contributed by atoms with E-state index in [9.17, 15) is 4.79 Å². The molecule has 2 aromatic heterocycles. The Labute approximate surface area is 224 Å². The highest BCUT2D eigenvalue weighted by Crippen LogP contribution is 2.29. The smallest absolute Gasteiger partial charge is 0.272 e. The third-order valence-electron chi connectivity index (χ3n) is 7.39. The molecule has 38 heavy (non-hydrogen) atoms. The summed E-state index contributed by atoms with van der Waals surface area (Å²) in [5.41, 5.74) is 3.46. The lowest BCUT2D eigenvalue weighted by Crippen LogP contribution is -2.47. The number of anilines is 1. The molecule has 0 aliphatic carbocycles. The van der Waals surface area contributed by atoms with Crippen LogP contribution in [0.5, 0.6) is 5.75 Å². The number of likely N-dealkylation sites (N-methyl/N-ethyl adjacent to an activating group) is 1. The van der Waals surface area contributed by atoms with Gasteiger partial charge in [-0.3, -0.25) is 9.78 Å². The second kappa shape index (κ2) is 12.3. The molecule has 0 bridgehead atoms. The van der Waals surface area contributed by atoms with E-state index in [0.29, 0.717) is 24.8 Å². The minimum atomic E-state index is -0.00408. The number of amides is 1. The Morgan fingerprint density at radius 3 is 2.37 bits per heavy atom. The summed E-state index contributed by atoms with van der Waals surface area (Å²) in [6.45, 7) is 6.25. The summed E-state index contributed by atoms with van der Waals surface area (Å²) in [6.07, 6.45) is 7.44. The lowest BCUT2D eigenvalue weighted by molar-refractivity contribution is 0.0658. The van der Waals surface area contributed by atoms with Gasteiger partial charge in [-0.05, 0) is 55.6 Å². The summed E-state index contributed by atoms with van der Waals surface area (Å²) in [5, 5.41) is 0. The Bertz CT molecular complexity index is 1190. The maximum atomic E-state index is 12.8. The molecule has 0 spiro atoms. The first-order valence-electron chi connectivity index (χ1n) is 13.3. The third kappa shape index (κ3) is 6.28. The van der Waals surface area contributed by atoms with Crippen molar-refractivity contribution < 1.29 is 14.3 Å². The number of rotatable bonds is 8. The van der Waals surface area contributed by atoms with Gasteiger partial charge in [0.2, 0.25) is 5.95 Å². The Morgan fingerprint density at radius 1 is 0.947 bits per heavy atom. The second-order valence-electron chi connectivity index (χ2n) is 10.1. The minimum absolute atomic E-state index is 0.00408. The molecule has 1 amide bonds. The van der Waals surface area contributed by atoms with E-state index in [4.69, 9.17) is 9.47 Å². The number of methoxy groups -OCH3 is 1. The van der Waals surface area contributed by atoms with Gasteiger partial charge in [0.15, 0.2) is 0 Å². The van der Waals surface area contributed by atoms with Crippen LogP contribution >= 0.6 is 0 Å². The molecule has 0 saturated carbocycles. The molecule has 4 heterocycles. The van der Waals surface area contributed by atoms with Crippen LogP contribution in [0.2, 0.25) is 0 Å². The highest BCUT2D eigenvalue weighted by molar-refractivity contribution is 5.92. The SMILES string of the molecule is COCc1cc(-c2ccc(C(=O)N3CCN(C)CC3)nc2)ccc1OCC1CCN(c2ncccn2)CC1. The van der Waals surface area contributed by atoms with Gasteiger partial charge < -0.3 is 24.2 Å². The van der Waals surface area contributed by atoms with Crippen molar-refractivity contribution in [1.29, 1.82) is 0 Å². The third-order valence-corrected chi connectivity index (χ3v) is 7.39. The van der Waals surface area contributed by atoms with Crippen molar-refractivity contribution in [2.24, 2.45) is 5.92 Å². The maximum Gasteiger partial charge on any atom is 0.272 e. The fourth-order valence-corrected chi connectivity index (χ4v) is 4.99. The number of hydrogen-bond acceptors (Lipinski definition) is 8. The monoisotopic (exact) mass is 516 g/mol. The average molecular weight is 517 g/mol. The van der Waals surface area contributed by atoms with Crippen LogP contribution in [-0.4, -0.2) is 90.7 Å². The Kier molecular flexibility index (Phi) is 8.45. The molecule has 9 heteroatoms. The van der Waals surface area contributed by atoms with Crippen molar-refractivity contribution in [2.75, 3.05) is 64.9 Å². The van der Waals surface area contributed by atoms with E-state index in [-0.39, 0.29) is 5.91 Å². The molecule has 0 radical (unpaired) electrons. The van der Waals surface area contributed by atoms with Gasteiger partial charge in [0.05, 0.1) is 13.2 Å². The number of ether oxygens (including phenoxy) is 2. The lowest BCUT2D eigenvalue weighted by atomic mass is 9.98. The number of hydrogen-bond donors (Lipinski definition) is 0. The number of carbonyl (C=O) groups is 1. The van der Waals surface area contributed by atoms with E-state index >= 15 is 0 Å². The van der Waals surface area contributed by atoms with Crippen molar-refractivity contribution >= 4 is 11.9 Å². The molecule has 5 rings (SSSR count). The molecule has 2 aliphatic rings. The molecule has 1 aromatic carbocycles. The van der Waals surface area contributed by atoms with Gasteiger partial charge in [0.25, 0.3) is 5.91 Å². The first-order valence-corrected chi connectivity index (χ1v) is 13.3. The van der Waals surface area contributed by atoms with Gasteiger partial charge in [-0.15, -0.1) is 0 Å². The molecule has 2 fully saturated rings. The minimum Gasteiger partial charge on any atom is -0.493 e. The lowest BCUT2D eigenvalue weighted by Gasteiger charge is -2.32. The van der Waals surface area contributed by atoms with Gasteiger partial charge in [-0.2, -0.15) is 0 Å². The number of aromatic nitrogens is 3. The summed E-state index contributed by atoms with van der Waals surface area (Å²) in [7, 11) is 3.77. The van der Waals surface area contributed by atoms with E-state index in [1.165, 1.54) is 0 Å². The van der Waals surface area contributed by atoms with Gasteiger partial charge in [0, 0.05) is 76.1 Å². The Balaban J connectivity index is 1.19. The van der Waals surface area contributed by atoms with Gasteiger partial charge in [0.1, 0.15) is 11.4 Å². The van der Waals surface area contributed by atoms with Crippen LogP contribution in [0, 0.1) is 5.92 Å². The quantitative estimate of drug-likeness (QED) is 0.451. The maximum absolute atomic E-state index is 12.8. The molecule has 3 aromatic rings. The summed E-state index contributed by atoms with van der Waals surface area (Å²) in [5.74, 6) is 2.13. The van der Waals surface area contributed by atoms with Crippen molar-refractivity contribution in [2.45, 2.75) is 19.4 Å². The summed E-state index contributed by atoms with van der Waals surface area (Å²) < 4.78 is 11.8. The molecule has 2 aliphatic heterocycles. The second-order valence-corrected chi connectivity index (χ2v) is 10.1. The Hall–Kier alpha value is -3.56. The normalized spacial score (nSPS) is 17.0. The first kappa shape index (κ1) is 26.1. The summed E-state index contributed by atoms with van der Waals surface area (Å²) in [4.78, 5) is 32.4. The highest BCUT2D eigenvalue weighted by atomic mass is 16.5. The van der Waals surface area contributed by atoms with E-state index in [1.807, 2.05) is 35.2 Å². The number of pyridine rings is 1. The fourth-order valence-electron chi connectivity index (χ4n) is 4.99. The number of piperidine rings is 1. The molecule has 200 valence electrons. The van der Waals surface area contributed by atoms with Gasteiger partial charge in [-0.1, -0.05) is 12.1 Å². The Morgan fingerprint density at radius 2 is 1.68 bits per heavy atom. The molecule has 2 saturated heterocycles. The molecular weight excluding hydrogens is 480 g/mol. The highest BCUT2D eigenvalue weighted by Gasteiger charge is 2.23. The molecule has 0 atom stereocenters. The fraction of sp³-hybridized carbons (Fsp3) is 0.448. The van der Waals surface area contributed by atoms with Crippen LogP contribution in [0.1, 0.15) is 28.9 Å². The van der Waals surface area contributed by atoms with Crippen LogP contribution in [0.3, 0.4) is 0 Å². The van der Waals surface area contributed by atoms with Crippen LogP contribution in [-0.2, 0) is 11.3 Å². The van der Waals surface area contributed by atoms with Crippen LogP contribution in [0.15, 0.2) is 55.0 Å². The molecule has 0 unspecified atom stereocenters. The van der Waals surface area contributed by atoms with Crippen LogP contribution in [0.25, 0.3) is 11.1 Å². The molecule has 9 nitrogen and oxygen atoms in total. The number of carbonyl (C=O) groups excluding carboxylic acids is 1. The van der Waals surface area contributed by atoms with E-state index < -0.39 is 0 Å². The zero-order valence-electron chi connectivity index (χ0n) is 22.3. The predicted molar refractivity (Wildman–Crippen MR) is 146 cm³/mol. The summed E-state index contributed by atoms with van der Waals surface area (Å²) >= 11 is 0. The molecule has 0 N–H and O–H groups in total. The van der Waals surface area contributed by atoms with Crippen LogP contribution in [0.4, 0.5) is 5.95 Å². The standard InChI is InChI=1S/C29H36N6O3/c1-33-14-16-34(17-15-33)28(36)26-6-4-24(19-32-26)23-5-7-27(25(18-23)21-37-2)38-20-22-8-12-35(13-9-22)29-30-10-3-11-31-29/h3-7,10-11,18-19,22H,8-9,12-17,20-21H2,1-2H3. The van der Waals surface area contributed by atoms with Crippen molar-refractivity contribution in [3.63, 3.8) is 0 Å². The molecular formula is C29H36N6O3. The number of nitrogens with zero attached hydrogens (tertiary/aromatic N) is 6. The topological polar surface area (TPSA) is 83.9 Å². The van der Waals surface area contributed by atoms with Gasteiger partial charge in [-0.25, -0.2) is 9.97 Å². The number of piperazine rings is 1. The van der Waals surface area contributed by atoms with Gasteiger partial charge >= 0.3 is 0 Å². The van der Waals surface area contributed by atoms with E-state index in [2.05, 4.69) is 37.9 Å². The van der Waals surface area contributed by atoms with Crippen LogP contribution < -0.4 is 9.64 Å². The predicted octanol–water partition coefficient (Wildman–Crippen LogP) is 3.37. The van der Waals surface area contributed by atoms with Crippen molar-refractivity contribution in [3.05, 3.63) is 66.2 Å². The van der Waals surface area contributed by atoms with Crippen molar-refractivity contribution in [1.82, 2.24) is 24.8 Å². The van der Waals surface area contributed by atoms with E-state index in [1.54, 1.807) is 25.7 Å². The average Bonchev–Trinajstić information content (AvgIpc) is 2.97. The van der Waals surface area contributed by atoms with Crippen molar-refractivity contribution in [3.8, 4) is 16.9 Å². The zero-order valence-corrected chi connectivity index (χ0v) is 22.3.